The molecular weight excluding hydrogens is 430 g/mol. The average Bonchev–Trinajstić information content (AvgIpc) is 3.20. The van der Waals surface area contributed by atoms with Crippen molar-refractivity contribution in [1.82, 2.24) is 14.8 Å². The number of morpholine rings is 1. The molecule has 2 aliphatic rings. The minimum atomic E-state index is -0.319. The molecule has 186 valence electrons. The summed E-state index contributed by atoms with van der Waals surface area (Å²) >= 11 is 0. The Bertz CT molecular complexity index is 1020. The molecule has 0 aliphatic carbocycles. The molecule has 3 heterocycles. The molecular formula is C27H39N3O4. The van der Waals surface area contributed by atoms with Crippen LogP contribution in [0.5, 0.6) is 5.75 Å². The molecule has 2 aliphatic heterocycles. The summed E-state index contributed by atoms with van der Waals surface area (Å²) in [5, 5.41) is 0. The van der Waals surface area contributed by atoms with Gasteiger partial charge in [0.1, 0.15) is 17.6 Å². The Kier molecular flexibility index (Phi) is 6.80. The number of aromatic nitrogens is 1. The Balaban J connectivity index is 1.47. The number of oxazole rings is 1. The number of hydrogen-bond donors (Lipinski definition) is 0. The Hall–Kier alpha value is -2.38. The minimum Gasteiger partial charge on any atom is -0.491 e. The molecule has 2 aromatic rings. The lowest BCUT2D eigenvalue weighted by Crippen LogP contribution is -2.61. The second-order valence-corrected chi connectivity index (χ2v) is 11.1. The van der Waals surface area contributed by atoms with Crippen LogP contribution < -0.4 is 4.74 Å². The largest absolute Gasteiger partial charge is 0.491 e. The zero-order chi connectivity index (χ0) is 24.7. The fourth-order valence-electron chi connectivity index (χ4n) is 4.89. The number of piperidine rings is 1. The van der Waals surface area contributed by atoms with E-state index >= 15 is 0 Å². The molecule has 0 saturated carbocycles. The lowest BCUT2D eigenvalue weighted by atomic mass is 9.86. The lowest BCUT2D eigenvalue weighted by molar-refractivity contribution is -0.195. The Labute approximate surface area is 203 Å². The number of amides is 1. The Morgan fingerprint density at radius 2 is 1.91 bits per heavy atom. The van der Waals surface area contributed by atoms with Crippen molar-refractivity contribution in [1.29, 1.82) is 0 Å². The SMILES string of the molecule is Cc1cnc(C2CN(C(C)(C)C)CC3(CCN(C(=O)c4ccc(OC(C)C)c(C)c4)CC3)O2)o1. The number of carbonyl (C=O) groups is 1. The highest BCUT2D eigenvalue weighted by Crippen LogP contribution is 2.40. The zero-order valence-corrected chi connectivity index (χ0v) is 21.7. The highest BCUT2D eigenvalue weighted by atomic mass is 16.5. The highest BCUT2D eigenvalue weighted by Gasteiger charge is 2.47. The van der Waals surface area contributed by atoms with Crippen LogP contribution in [-0.4, -0.2) is 64.1 Å². The van der Waals surface area contributed by atoms with Crippen LogP contribution in [0.2, 0.25) is 0 Å². The van der Waals surface area contributed by atoms with Gasteiger partial charge >= 0.3 is 0 Å². The van der Waals surface area contributed by atoms with E-state index in [1.54, 1.807) is 6.20 Å². The van der Waals surface area contributed by atoms with Gasteiger partial charge in [-0.15, -0.1) is 0 Å². The van der Waals surface area contributed by atoms with Crippen LogP contribution >= 0.6 is 0 Å². The Morgan fingerprint density at radius 3 is 2.47 bits per heavy atom. The third-order valence-corrected chi connectivity index (χ3v) is 6.87. The molecule has 7 nitrogen and oxygen atoms in total. The summed E-state index contributed by atoms with van der Waals surface area (Å²) in [6.07, 6.45) is 3.22. The van der Waals surface area contributed by atoms with Gasteiger partial charge < -0.3 is 18.8 Å². The van der Waals surface area contributed by atoms with Crippen LogP contribution in [0, 0.1) is 13.8 Å². The molecule has 7 heteroatoms. The summed E-state index contributed by atoms with van der Waals surface area (Å²) < 4.78 is 18.4. The van der Waals surface area contributed by atoms with E-state index in [1.165, 1.54) is 0 Å². The number of aryl methyl sites for hydroxylation is 2. The number of nitrogens with zero attached hydrogens (tertiary/aromatic N) is 3. The summed E-state index contributed by atoms with van der Waals surface area (Å²) in [5.74, 6) is 2.33. The van der Waals surface area contributed by atoms with E-state index in [9.17, 15) is 4.79 Å². The topological polar surface area (TPSA) is 68.0 Å². The fourth-order valence-corrected chi connectivity index (χ4v) is 4.89. The van der Waals surface area contributed by atoms with Gasteiger partial charge in [0, 0.05) is 37.3 Å². The molecule has 1 amide bonds. The van der Waals surface area contributed by atoms with E-state index in [-0.39, 0.29) is 29.3 Å². The van der Waals surface area contributed by atoms with Gasteiger partial charge in [0.15, 0.2) is 0 Å². The van der Waals surface area contributed by atoms with Gasteiger partial charge in [-0.3, -0.25) is 9.69 Å². The van der Waals surface area contributed by atoms with Crippen molar-refractivity contribution in [2.75, 3.05) is 26.2 Å². The number of benzene rings is 1. The van der Waals surface area contributed by atoms with Crippen molar-refractivity contribution >= 4 is 5.91 Å². The van der Waals surface area contributed by atoms with Crippen LogP contribution in [0.3, 0.4) is 0 Å². The van der Waals surface area contributed by atoms with E-state index in [1.807, 2.05) is 50.8 Å². The highest BCUT2D eigenvalue weighted by molar-refractivity contribution is 5.94. The van der Waals surface area contributed by atoms with Crippen LogP contribution in [0.15, 0.2) is 28.8 Å². The summed E-state index contributed by atoms with van der Waals surface area (Å²) in [4.78, 5) is 22.2. The van der Waals surface area contributed by atoms with Gasteiger partial charge in [-0.05, 0) is 85.1 Å². The molecule has 34 heavy (non-hydrogen) atoms. The fraction of sp³-hybridized carbons (Fsp3) is 0.630. The van der Waals surface area contributed by atoms with Gasteiger partial charge in [-0.2, -0.15) is 0 Å². The van der Waals surface area contributed by atoms with Gasteiger partial charge in [-0.1, -0.05) is 0 Å². The predicted molar refractivity (Wildman–Crippen MR) is 131 cm³/mol. The first-order valence-electron chi connectivity index (χ1n) is 12.4. The number of hydrogen-bond acceptors (Lipinski definition) is 6. The van der Waals surface area contributed by atoms with E-state index in [4.69, 9.17) is 13.9 Å². The maximum atomic E-state index is 13.3. The molecule has 2 fully saturated rings. The number of carbonyl (C=O) groups excluding carboxylic acids is 1. The van der Waals surface area contributed by atoms with Crippen LogP contribution in [0.1, 0.15) is 81.1 Å². The number of ether oxygens (including phenoxy) is 2. The summed E-state index contributed by atoms with van der Waals surface area (Å²) in [7, 11) is 0. The predicted octanol–water partition coefficient (Wildman–Crippen LogP) is 4.93. The third-order valence-electron chi connectivity index (χ3n) is 6.87. The van der Waals surface area contributed by atoms with Crippen molar-refractivity contribution < 1.29 is 18.7 Å². The molecule has 1 spiro atoms. The second-order valence-electron chi connectivity index (χ2n) is 11.1. The first-order valence-corrected chi connectivity index (χ1v) is 12.4. The van der Waals surface area contributed by atoms with Gasteiger partial charge in [0.2, 0.25) is 5.89 Å². The molecule has 1 atom stereocenters. The number of likely N-dealkylation sites (tertiary alicyclic amines) is 1. The van der Waals surface area contributed by atoms with Gasteiger partial charge in [0.25, 0.3) is 5.91 Å². The van der Waals surface area contributed by atoms with Crippen LogP contribution in [0.25, 0.3) is 0 Å². The summed E-state index contributed by atoms with van der Waals surface area (Å²) in [6, 6.07) is 5.71. The molecule has 1 unspecified atom stereocenters. The standard InChI is InChI=1S/C27H39N3O4/c1-18(2)32-22-9-8-21(14-19(22)3)25(31)29-12-10-27(11-13-29)17-30(26(5,6)7)16-23(34-27)24-28-15-20(4)33-24/h8-9,14-15,18,23H,10-13,16-17H2,1-7H3. The van der Waals surface area contributed by atoms with Gasteiger partial charge in [-0.25, -0.2) is 4.98 Å². The minimum absolute atomic E-state index is 0.000944. The van der Waals surface area contributed by atoms with Crippen LogP contribution in [0.4, 0.5) is 0 Å². The Morgan fingerprint density at radius 1 is 1.21 bits per heavy atom. The molecule has 2 saturated heterocycles. The molecule has 0 N–H and O–H groups in total. The van der Waals surface area contributed by atoms with E-state index < -0.39 is 0 Å². The second kappa shape index (κ2) is 9.34. The van der Waals surface area contributed by atoms with Crippen LogP contribution in [-0.2, 0) is 4.74 Å². The summed E-state index contributed by atoms with van der Waals surface area (Å²) in [6.45, 7) is 17.5. The van der Waals surface area contributed by atoms with Crippen molar-refractivity contribution in [3.8, 4) is 5.75 Å². The average molecular weight is 470 g/mol. The summed E-state index contributed by atoms with van der Waals surface area (Å²) in [5.41, 5.74) is 1.37. The van der Waals surface area contributed by atoms with E-state index in [0.717, 1.165) is 43.0 Å². The lowest BCUT2D eigenvalue weighted by Gasteiger charge is -2.52. The zero-order valence-electron chi connectivity index (χ0n) is 21.7. The molecule has 1 aromatic heterocycles. The maximum Gasteiger partial charge on any atom is 0.253 e. The van der Waals surface area contributed by atoms with Crippen molar-refractivity contribution in [3.05, 3.63) is 47.2 Å². The van der Waals surface area contributed by atoms with Crippen molar-refractivity contribution in [2.24, 2.45) is 0 Å². The molecule has 1 aromatic carbocycles. The van der Waals surface area contributed by atoms with Crippen molar-refractivity contribution in [2.45, 2.75) is 84.7 Å². The third kappa shape index (κ3) is 5.31. The molecule has 4 rings (SSSR count). The van der Waals surface area contributed by atoms with Crippen molar-refractivity contribution in [3.63, 3.8) is 0 Å². The maximum absolute atomic E-state index is 13.3. The first kappa shape index (κ1) is 24.7. The monoisotopic (exact) mass is 469 g/mol. The van der Waals surface area contributed by atoms with E-state index in [2.05, 4.69) is 30.7 Å². The first-order chi connectivity index (χ1) is 16.0. The molecule has 0 bridgehead atoms. The van der Waals surface area contributed by atoms with E-state index in [0.29, 0.717) is 24.5 Å². The molecule has 0 radical (unpaired) electrons. The number of rotatable bonds is 4. The quantitative estimate of drug-likeness (QED) is 0.633. The van der Waals surface area contributed by atoms with Gasteiger partial charge in [0.05, 0.1) is 17.9 Å². The normalized spacial score (nSPS) is 21.3. The smallest absolute Gasteiger partial charge is 0.253 e.